The summed E-state index contributed by atoms with van der Waals surface area (Å²) in [6.45, 7) is 4.51. The van der Waals surface area contributed by atoms with E-state index in [1.807, 2.05) is 31.4 Å². The van der Waals surface area contributed by atoms with Gasteiger partial charge in [-0.2, -0.15) is 0 Å². The predicted molar refractivity (Wildman–Crippen MR) is 129 cm³/mol. The number of carbonyl (C=O) groups is 2. The first-order valence-corrected chi connectivity index (χ1v) is 11.6. The Morgan fingerprint density at radius 2 is 1.88 bits per heavy atom. The lowest BCUT2D eigenvalue weighted by Gasteiger charge is -2.24. The van der Waals surface area contributed by atoms with Gasteiger partial charge in [0.25, 0.3) is 11.7 Å². The molecule has 7 heteroatoms. The first-order valence-electron chi connectivity index (χ1n) is 10.7. The van der Waals surface area contributed by atoms with Gasteiger partial charge >= 0.3 is 0 Å². The fourth-order valence-corrected chi connectivity index (χ4v) is 4.71. The molecule has 1 saturated heterocycles. The molecule has 4 rings (SSSR count). The Hall–Kier alpha value is -3.58. The van der Waals surface area contributed by atoms with Crippen LogP contribution in [0.25, 0.3) is 5.76 Å². The number of rotatable bonds is 7. The van der Waals surface area contributed by atoms with E-state index in [2.05, 4.69) is 0 Å². The van der Waals surface area contributed by atoms with E-state index in [9.17, 15) is 14.7 Å². The summed E-state index contributed by atoms with van der Waals surface area (Å²) in [6.07, 6.45) is 0.886. The second kappa shape index (κ2) is 9.50. The van der Waals surface area contributed by atoms with Crippen molar-refractivity contribution in [2.45, 2.75) is 26.3 Å². The van der Waals surface area contributed by atoms with Crippen LogP contribution in [0.3, 0.4) is 0 Å². The Labute approximate surface area is 196 Å². The molecule has 33 heavy (non-hydrogen) atoms. The van der Waals surface area contributed by atoms with Gasteiger partial charge in [0.1, 0.15) is 23.3 Å². The summed E-state index contributed by atoms with van der Waals surface area (Å²) in [5.74, 6) is -0.232. The Kier molecular flexibility index (Phi) is 6.51. The molecule has 1 fully saturated rings. The van der Waals surface area contributed by atoms with E-state index in [1.54, 1.807) is 49.6 Å². The standard InChI is InChI=1S/C26H25NO5S/c1-4-13-32-20-12-7-17(15-16(20)2)24(28)22-23(21-6-5-14-33-21)27(26(30)25(22)29)18-8-10-19(31-3)11-9-18/h5-12,14-15,23,28H,4,13H2,1-3H3/b24-22-. The number of aryl methyl sites for hydroxylation is 1. The number of anilines is 1. The van der Waals surface area contributed by atoms with Crippen molar-refractivity contribution in [2.24, 2.45) is 0 Å². The lowest BCUT2D eigenvalue weighted by atomic mass is 9.98. The van der Waals surface area contributed by atoms with Crippen LogP contribution < -0.4 is 14.4 Å². The van der Waals surface area contributed by atoms with Gasteiger partial charge in [-0.1, -0.05) is 13.0 Å². The third-order valence-corrected chi connectivity index (χ3v) is 6.44. The molecule has 1 aliphatic rings. The van der Waals surface area contributed by atoms with E-state index >= 15 is 0 Å². The van der Waals surface area contributed by atoms with Crippen molar-refractivity contribution in [1.29, 1.82) is 0 Å². The third-order valence-electron chi connectivity index (χ3n) is 5.52. The summed E-state index contributed by atoms with van der Waals surface area (Å²) in [6, 6.07) is 15.2. The second-order valence-corrected chi connectivity index (χ2v) is 8.69. The average Bonchev–Trinajstić information content (AvgIpc) is 3.45. The van der Waals surface area contributed by atoms with Gasteiger partial charge in [-0.05, 0) is 72.8 Å². The molecule has 1 N–H and O–H groups in total. The number of ketones is 1. The molecule has 1 unspecified atom stereocenters. The van der Waals surface area contributed by atoms with Gasteiger partial charge in [0.15, 0.2) is 0 Å². The second-order valence-electron chi connectivity index (χ2n) is 7.71. The zero-order valence-electron chi connectivity index (χ0n) is 18.7. The molecule has 0 saturated carbocycles. The maximum atomic E-state index is 13.2. The van der Waals surface area contributed by atoms with Crippen LogP contribution in [0.1, 0.15) is 35.4 Å². The van der Waals surface area contributed by atoms with Crippen molar-refractivity contribution in [1.82, 2.24) is 0 Å². The number of Topliss-reactive ketones (excluding diaryl/α,β-unsaturated/α-hetero) is 1. The normalized spacial score (nSPS) is 17.4. The lowest BCUT2D eigenvalue weighted by molar-refractivity contribution is -0.132. The molecular weight excluding hydrogens is 438 g/mol. The van der Waals surface area contributed by atoms with Crippen LogP contribution in [0, 0.1) is 6.92 Å². The number of hydrogen-bond donors (Lipinski definition) is 1. The first kappa shape index (κ1) is 22.6. The van der Waals surface area contributed by atoms with Crippen LogP contribution >= 0.6 is 11.3 Å². The summed E-state index contributed by atoms with van der Waals surface area (Å²) in [4.78, 5) is 28.5. The zero-order valence-corrected chi connectivity index (χ0v) is 19.5. The molecule has 1 atom stereocenters. The van der Waals surface area contributed by atoms with Crippen LogP contribution in [-0.2, 0) is 9.59 Å². The number of hydrogen-bond acceptors (Lipinski definition) is 6. The summed E-state index contributed by atoms with van der Waals surface area (Å²) < 4.78 is 10.9. The van der Waals surface area contributed by atoms with E-state index in [1.165, 1.54) is 16.2 Å². The molecule has 2 heterocycles. The molecular formula is C26H25NO5S. The number of aliphatic hydroxyl groups excluding tert-OH is 1. The summed E-state index contributed by atoms with van der Waals surface area (Å²) in [5.41, 5.74) is 1.92. The number of benzene rings is 2. The van der Waals surface area contributed by atoms with E-state index in [0.717, 1.165) is 22.6 Å². The number of ether oxygens (including phenoxy) is 2. The van der Waals surface area contributed by atoms with E-state index < -0.39 is 17.7 Å². The monoisotopic (exact) mass is 463 g/mol. The SMILES string of the molecule is CCCOc1ccc(/C(O)=C2/C(=O)C(=O)N(c3ccc(OC)cc3)C2c2cccs2)cc1C. The Morgan fingerprint density at radius 1 is 1.12 bits per heavy atom. The number of carbonyl (C=O) groups excluding carboxylic acids is 2. The minimum absolute atomic E-state index is 0.0693. The van der Waals surface area contributed by atoms with E-state index in [4.69, 9.17) is 9.47 Å². The number of amides is 1. The van der Waals surface area contributed by atoms with Gasteiger partial charge in [-0.15, -0.1) is 11.3 Å². The summed E-state index contributed by atoms with van der Waals surface area (Å²) in [5, 5.41) is 13.1. The number of methoxy groups -OCH3 is 1. The predicted octanol–water partition coefficient (Wildman–Crippen LogP) is 5.48. The van der Waals surface area contributed by atoms with E-state index in [-0.39, 0.29) is 11.3 Å². The molecule has 1 aromatic heterocycles. The minimum Gasteiger partial charge on any atom is -0.507 e. The molecule has 0 aliphatic carbocycles. The van der Waals surface area contributed by atoms with Crippen molar-refractivity contribution in [3.8, 4) is 11.5 Å². The van der Waals surface area contributed by atoms with Gasteiger partial charge in [-0.3, -0.25) is 14.5 Å². The smallest absolute Gasteiger partial charge is 0.300 e. The molecule has 1 aliphatic heterocycles. The van der Waals surface area contributed by atoms with Crippen LogP contribution in [0.4, 0.5) is 5.69 Å². The van der Waals surface area contributed by atoms with E-state index in [0.29, 0.717) is 23.6 Å². The molecule has 3 aromatic rings. The number of aliphatic hydroxyl groups is 1. The summed E-state index contributed by atoms with van der Waals surface area (Å²) >= 11 is 1.43. The molecule has 0 bridgehead atoms. The maximum absolute atomic E-state index is 13.2. The highest BCUT2D eigenvalue weighted by atomic mass is 32.1. The third kappa shape index (κ3) is 4.24. The highest BCUT2D eigenvalue weighted by Crippen LogP contribution is 2.44. The van der Waals surface area contributed by atoms with Gasteiger partial charge in [0.2, 0.25) is 0 Å². The fourth-order valence-electron chi connectivity index (χ4n) is 3.88. The average molecular weight is 464 g/mol. The molecule has 6 nitrogen and oxygen atoms in total. The van der Waals surface area contributed by atoms with Crippen LogP contribution in [-0.4, -0.2) is 30.5 Å². The van der Waals surface area contributed by atoms with Crippen molar-refractivity contribution in [3.05, 3.63) is 81.6 Å². The quantitative estimate of drug-likeness (QED) is 0.285. The molecule has 170 valence electrons. The highest BCUT2D eigenvalue weighted by Gasteiger charge is 2.47. The van der Waals surface area contributed by atoms with Crippen molar-refractivity contribution in [3.63, 3.8) is 0 Å². The van der Waals surface area contributed by atoms with Gasteiger partial charge < -0.3 is 14.6 Å². The van der Waals surface area contributed by atoms with Crippen LogP contribution in [0.15, 0.2) is 65.6 Å². The molecule has 1 amide bonds. The van der Waals surface area contributed by atoms with Gasteiger partial charge in [-0.25, -0.2) is 0 Å². The van der Waals surface area contributed by atoms with Crippen molar-refractivity contribution in [2.75, 3.05) is 18.6 Å². The fraction of sp³-hybridized carbons (Fsp3) is 0.231. The lowest BCUT2D eigenvalue weighted by Crippen LogP contribution is -2.29. The maximum Gasteiger partial charge on any atom is 0.300 e. The molecule has 0 spiro atoms. The Morgan fingerprint density at radius 3 is 2.48 bits per heavy atom. The molecule has 0 radical (unpaired) electrons. The number of nitrogens with zero attached hydrogens (tertiary/aromatic N) is 1. The topological polar surface area (TPSA) is 76.1 Å². The van der Waals surface area contributed by atoms with Crippen molar-refractivity contribution < 1.29 is 24.2 Å². The van der Waals surface area contributed by atoms with Gasteiger partial charge in [0.05, 0.1) is 19.3 Å². The summed E-state index contributed by atoms with van der Waals surface area (Å²) in [7, 11) is 1.56. The number of thiophene rings is 1. The largest absolute Gasteiger partial charge is 0.507 e. The molecule has 2 aromatic carbocycles. The highest BCUT2D eigenvalue weighted by molar-refractivity contribution is 7.10. The van der Waals surface area contributed by atoms with Crippen LogP contribution in [0.5, 0.6) is 11.5 Å². The van der Waals surface area contributed by atoms with Crippen molar-refractivity contribution >= 4 is 34.5 Å². The Balaban J connectivity index is 1.82. The minimum atomic E-state index is -0.727. The Bertz CT molecular complexity index is 1200. The first-order chi connectivity index (χ1) is 16.0. The van der Waals surface area contributed by atoms with Crippen LogP contribution in [0.2, 0.25) is 0 Å². The van der Waals surface area contributed by atoms with Gasteiger partial charge in [0, 0.05) is 16.1 Å². The zero-order chi connectivity index (χ0) is 23.5.